The lowest BCUT2D eigenvalue weighted by molar-refractivity contribution is -0.120. The molecule has 5 heteroatoms. The maximum absolute atomic E-state index is 12.5. The monoisotopic (exact) mass is 329 g/mol. The molecule has 0 aliphatic rings. The van der Waals surface area contributed by atoms with Gasteiger partial charge >= 0.3 is 0 Å². The Balaban J connectivity index is 2.29. The summed E-state index contributed by atoms with van der Waals surface area (Å²) in [6, 6.07) is 5.49. The van der Waals surface area contributed by atoms with Gasteiger partial charge in [0.1, 0.15) is 0 Å². The van der Waals surface area contributed by atoms with Crippen LogP contribution in [0, 0.1) is 5.92 Å². The van der Waals surface area contributed by atoms with Crippen molar-refractivity contribution in [3.05, 3.63) is 34.2 Å². The molecule has 2 N–H and O–H groups in total. The Morgan fingerprint density at radius 3 is 2.46 bits per heavy atom. The lowest BCUT2D eigenvalue weighted by Crippen LogP contribution is -2.23. The SMILES string of the molecule is CCCc1n[nH]c(=O)c2cc(NC(=O)C(CCC)CCC)ccc12. The number of fused-ring (bicyclic) bond motifs is 1. The second kappa shape index (κ2) is 8.62. The zero-order chi connectivity index (χ0) is 17.5. The number of rotatable bonds is 8. The van der Waals surface area contributed by atoms with Crippen molar-refractivity contribution >= 4 is 22.4 Å². The Labute approximate surface area is 142 Å². The molecule has 0 fully saturated rings. The van der Waals surface area contributed by atoms with Crippen LogP contribution in [0.25, 0.3) is 10.8 Å². The molecule has 0 aliphatic carbocycles. The van der Waals surface area contributed by atoms with E-state index in [4.69, 9.17) is 0 Å². The van der Waals surface area contributed by atoms with Crippen LogP contribution in [0.2, 0.25) is 0 Å². The lowest BCUT2D eigenvalue weighted by Gasteiger charge is -2.15. The predicted octanol–water partition coefficient (Wildman–Crippen LogP) is 4.03. The Bertz CT molecular complexity index is 746. The third-order valence-corrected chi connectivity index (χ3v) is 4.27. The molecule has 2 rings (SSSR count). The van der Waals surface area contributed by atoms with E-state index in [-0.39, 0.29) is 17.4 Å². The van der Waals surface area contributed by atoms with Gasteiger partial charge in [-0.3, -0.25) is 9.59 Å². The fourth-order valence-corrected chi connectivity index (χ4v) is 3.08. The average Bonchev–Trinajstić information content (AvgIpc) is 2.57. The molecule has 24 heavy (non-hydrogen) atoms. The summed E-state index contributed by atoms with van der Waals surface area (Å²) < 4.78 is 0. The van der Waals surface area contributed by atoms with Crippen molar-refractivity contribution in [1.82, 2.24) is 10.2 Å². The summed E-state index contributed by atoms with van der Waals surface area (Å²) in [5.74, 6) is 0.0689. The first-order valence-electron chi connectivity index (χ1n) is 8.92. The van der Waals surface area contributed by atoms with Crippen LogP contribution in [0.5, 0.6) is 0 Å². The summed E-state index contributed by atoms with van der Waals surface area (Å²) in [5.41, 5.74) is 1.34. The van der Waals surface area contributed by atoms with Crippen LogP contribution in [-0.4, -0.2) is 16.1 Å². The number of anilines is 1. The van der Waals surface area contributed by atoms with Gasteiger partial charge in [0.25, 0.3) is 5.56 Å². The molecule has 0 spiro atoms. The van der Waals surface area contributed by atoms with Gasteiger partial charge in [-0.25, -0.2) is 5.10 Å². The van der Waals surface area contributed by atoms with E-state index in [0.717, 1.165) is 49.6 Å². The summed E-state index contributed by atoms with van der Waals surface area (Å²) in [6.45, 7) is 6.26. The minimum atomic E-state index is -0.223. The summed E-state index contributed by atoms with van der Waals surface area (Å²) in [7, 11) is 0. The van der Waals surface area contributed by atoms with Gasteiger partial charge in [-0.15, -0.1) is 0 Å². The average molecular weight is 329 g/mol. The molecule has 0 atom stereocenters. The van der Waals surface area contributed by atoms with Crippen LogP contribution in [0.1, 0.15) is 58.6 Å². The number of H-pyrrole nitrogens is 1. The topological polar surface area (TPSA) is 74.8 Å². The van der Waals surface area contributed by atoms with E-state index >= 15 is 0 Å². The number of carbonyl (C=O) groups excluding carboxylic acids is 1. The highest BCUT2D eigenvalue weighted by atomic mass is 16.2. The lowest BCUT2D eigenvalue weighted by atomic mass is 9.97. The van der Waals surface area contributed by atoms with E-state index in [9.17, 15) is 9.59 Å². The smallest absolute Gasteiger partial charge is 0.272 e. The minimum absolute atomic E-state index is 0.0297. The predicted molar refractivity (Wildman–Crippen MR) is 98.3 cm³/mol. The molecule has 0 aliphatic heterocycles. The van der Waals surface area contributed by atoms with Crippen LogP contribution < -0.4 is 10.9 Å². The molecule has 5 nitrogen and oxygen atoms in total. The van der Waals surface area contributed by atoms with E-state index in [0.29, 0.717) is 11.1 Å². The van der Waals surface area contributed by atoms with Gasteiger partial charge in [0.15, 0.2) is 0 Å². The van der Waals surface area contributed by atoms with Gasteiger partial charge < -0.3 is 5.32 Å². The number of aromatic nitrogens is 2. The zero-order valence-electron chi connectivity index (χ0n) is 14.8. The Kier molecular flexibility index (Phi) is 6.53. The Morgan fingerprint density at radius 1 is 1.12 bits per heavy atom. The highest BCUT2D eigenvalue weighted by Crippen LogP contribution is 2.21. The van der Waals surface area contributed by atoms with Crippen molar-refractivity contribution in [1.29, 1.82) is 0 Å². The number of amides is 1. The van der Waals surface area contributed by atoms with Gasteiger partial charge in [0, 0.05) is 17.0 Å². The summed E-state index contributed by atoms with van der Waals surface area (Å²) >= 11 is 0. The van der Waals surface area contributed by atoms with Crippen LogP contribution in [0.4, 0.5) is 5.69 Å². The van der Waals surface area contributed by atoms with E-state index in [1.807, 2.05) is 12.1 Å². The van der Waals surface area contributed by atoms with Crippen LogP contribution in [0.3, 0.4) is 0 Å². The zero-order valence-corrected chi connectivity index (χ0v) is 14.8. The third kappa shape index (κ3) is 4.22. The number of hydrogen-bond donors (Lipinski definition) is 2. The standard InChI is InChI=1S/C19H27N3O2/c1-4-7-13(8-5-2)18(23)20-14-10-11-15-16(12-14)19(24)22-21-17(15)9-6-3/h10-13H,4-9H2,1-3H3,(H,20,23)(H,22,24). The Morgan fingerprint density at radius 2 is 1.83 bits per heavy atom. The van der Waals surface area contributed by atoms with Crippen molar-refractivity contribution in [3.63, 3.8) is 0 Å². The molecule has 1 heterocycles. The van der Waals surface area contributed by atoms with E-state index in [2.05, 4.69) is 36.3 Å². The summed E-state index contributed by atoms with van der Waals surface area (Å²) in [4.78, 5) is 24.6. The fraction of sp³-hybridized carbons (Fsp3) is 0.526. The molecule has 130 valence electrons. The number of aryl methyl sites for hydroxylation is 1. The quantitative estimate of drug-likeness (QED) is 0.768. The number of nitrogens with zero attached hydrogens (tertiary/aromatic N) is 1. The molecule has 2 aromatic rings. The largest absolute Gasteiger partial charge is 0.326 e. The van der Waals surface area contributed by atoms with E-state index in [1.54, 1.807) is 6.07 Å². The molecule has 1 aromatic carbocycles. The number of hydrogen-bond acceptors (Lipinski definition) is 3. The molecule has 1 amide bonds. The second-order valence-electron chi connectivity index (χ2n) is 6.27. The van der Waals surface area contributed by atoms with Gasteiger partial charge in [-0.2, -0.15) is 5.10 Å². The first kappa shape index (κ1) is 18.2. The normalized spacial score (nSPS) is 11.2. The van der Waals surface area contributed by atoms with Crippen LogP contribution in [-0.2, 0) is 11.2 Å². The number of aromatic amines is 1. The highest BCUT2D eigenvalue weighted by molar-refractivity contribution is 5.95. The molecule has 0 bridgehead atoms. The van der Waals surface area contributed by atoms with Crippen molar-refractivity contribution in [2.24, 2.45) is 5.92 Å². The molecule has 0 saturated heterocycles. The molecule has 0 saturated carbocycles. The molecular formula is C19H27N3O2. The summed E-state index contributed by atoms with van der Waals surface area (Å²) in [5, 5.41) is 11.1. The van der Waals surface area contributed by atoms with Crippen LogP contribution >= 0.6 is 0 Å². The highest BCUT2D eigenvalue weighted by Gasteiger charge is 2.17. The van der Waals surface area contributed by atoms with E-state index < -0.39 is 0 Å². The van der Waals surface area contributed by atoms with Crippen molar-refractivity contribution in [2.45, 2.75) is 59.3 Å². The number of carbonyl (C=O) groups is 1. The van der Waals surface area contributed by atoms with Crippen molar-refractivity contribution < 1.29 is 4.79 Å². The molecule has 0 unspecified atom stereocenters. The third-order valence-electron chi connectivity index (χ3n) is 4.27. The van der Waals surface area contributed by atoms with Crippen molar-refractivity contribution in [2.75, 3.05) is 5.32 Å². The maximum Gasteiger partial charge on any atom is 0.272 e. The van der Waals surface area contributed by atoms with Gasteiger partial charge in [0.2, 0.25) is 5.91 Å². The summed E-state index contributed by atoms with van der Waals surface area (Å²) in [6.07, 6.45) is 5.52. The van der Waals surface area contributed by atoms with E-state index in [1.165, 1.54) is 0 Å². The molecule has 1 aromatic heterocycles. The van der Waals surface area contributed by atoms with Gasteiger partial charge in [0.05, 0.1) is 11.1 Å². The van der Waals surface area contributed by atoms with Gasteiger partial charge in [-0.05, 0) is 31.4 Å². The minimum Gasteiger partial charge on any atom is -0.326 e. The maximum atomic E-state index is 12.5. The van der Waals surface area contributed by atoms with Crippen LogP contribution in [0.15, 0.2) is 23.0 Å². The molecule has 0 radical (unpaired) electrons. The number of nitrogens with one attached hydrogen (secondary N) is 2. The first-order chi connectivity index (χ1) is 11.6. The van der Waals surface area contributed by atoms with Crippen molar-refractivity contribution in [3.8, 4) is 0 Å². The fourth-order valence-electron chi connectivity index (χ4n) is 3.08. The second-order valence-corrected chi connectivity index (χ2v) is 6.27. The molecular weight excluding hydrogens is 302 g/mol. The first-order valence-corrected chi connectivity index (χ1v) is 8.92. The number of benzene rings is 1. The van der Waals surface area contributed by atoms with Gasteiger partial charge in [-0.1, -0.05) is 46.1 Å². The Hall–Kier alpha value is -2.17.